The van der Waals surface area contributed by atoms with Crippen molar-refractivity contribution in [1.82, 2.24) is 5.32 Å². The van der Waals surface area contributed by atoms with Gasteiger partial charge in [0.15, 0.2) is 11.5 Å². The highest BCUT2D eigenvalue weighted by molar-refractivity contribution is 5.42. The molecule has 0 heterocycles. The smallest absolute Gasteiger partial charge is 0.160 e. The summed E-state index contributed by atoms with van der Waals surface area (Å²) in [6, 6.07) is 5.87. The van der Waals surface area contributed by atoms with E-state index in [0.717, 1.165) is 23.9 Å². The van der Waals surface area contributed by atoms with Crippen LogP contribution in [0.1, 0.15) is 57.6 Å². The van der Waals surface area contributed by atoms with E-state index in [4.69, 9.17) is 4.74 Å². The third kappa shape index (κ3) is 4.37. The SMILES string of the molecule is CCC1CCC(CNC(C)c2ccc(O)c(OC)c2)CC1. The molecule has 21 heavy (non-hydrogen) atoms. The van der Waals surface area contributed by atoms with E-state index in [1.165, 1.54) is 32.1 Å². The molecule has 0 aliphatic heterocycles. The minimum Gasteiger partial charge on any atom is -0.504 e. The predicted molar refractivity (Wildman–Crippen MR) is 86.8 cm³/mol. The van der Waals surface area contributed by atoms with Crippen LogP contribution in [-0.4, -0.2) is 18.8 Å². The van der Waals surface area contributed by atoms with Crippen molar-refractivity contribution in [2.24, 2.45) is 11.8 Å². The van der Waals surface area contributed by atoms with E-state index in [1.54, 1.807) is 13.2 Å². The predicted octanol–water partition coefficient (Wildman–Crippen LogP) is 4.27. The van der Waals surface area contributed by atoms with E-state index >= 15 is 0 Å². The van der Waals surface area contributed by atoms with Crippen LogP contribution in [0.3, 0.4) is 0 Å². The largest absolute Gasteiger partial charge is 0.504 e. The van der Waals surface area contributed by atoms with Gasteiger partial charge in [0.25, 0.3) is 0 Å². The van der Waals surface area contributed by atoms with Crippen molar-refractivity contribution in [3.63, 3.8) is 0 Å². The highest BCUT2D eigenvalue weighted by Gasteiger charge is 2.20. The van der Waals surface area contributed by atoms with Crippen LogP contribution < -0.4 is 10.1 Å². The Labute approximate surface area is 128 Å². The Morgan fingerprint density at radius 2 is 1.90 bits per heavy atom. The average Bonchev–Trinajstić information content (AvgIpc) is 2.53. The van der Waals surface area contributed by atoms with Crippen LogP contribution >= 0.6 is 0 Å². The van der Waals surface area contributed by atoms with E-state index in [9.17, 15) is 5.11 Å². The lowest BCUT2D eigenvalue weighted by Gasteiger charge is -2.29. The third-order valence-electron chi connectivity index (χ3n) is 4.96. The molecule has 0 spiro atoms. The van der Waals surface area contributed by atoms with E-state index in [-0.39, 0.29) is 11.8 Å². The summed E-state index contributed by atoms with van der Waals surface area (Å²) in [6.45, 7) is 5.56. The lowest BCUT2D eigenvalue weighted by atomic mass is 9.81. The molecule has 1 atom stereocenters. The fourth-order valence-electron chi connectivity index (χ4n) is 3.27. The zero-order valence-electron chi connectivity index (χ0n) is 13.6. The molecular weight excluding hydrogens is 262 g/mol. The Morgan fingerprint density at radius 3 is 2.52 bits per heavy atom. The van der Waals surface area contributed by atoms with E-state index in [0.29, 0.717) is 5.75 Å². The summed E-state index contributed by atoms with van der Waals surface area (Å²) in [5, 5.41) is 13.3. The summed E-state index contributed by atoms with van der Waals surface area (Å²) in [7, 11) is 1.59. The quantitative estimate of drug-likeness (QED) is 0.822. The number of phenolic OH excluding ortho intramolecular Hbond substituents is 1. The number of phenols is 1. The fraction of sp³-hybridized carbons (Fsp3) is 0.667. The molecule has 0 aromatic heterocycles. The second kappa shape index (κ2) is 7.69. The van der Waals surface area contributed by atoms with Crippen molar-refractivity contribution in [2.75, 3.05) is 13.7 Å². The lowest BCUT2D eigenvalue weighted by Crippen LogP contribution is -2.28. The molecule has 2 rings (SSSR count). The van der Waals surface area contributed by atoms with Crippen LogP contribution in [0.5, 0.6) is 11.5 Å². The van der Waals surface area contributed by atoms with Crippen LogP contribution in [0.15, 0.2) is 18.2 Å². The summed E-state index contributed by atoms with van der Waals surface area (Å²) >= 11 is 0. The second-order valence-electron chi connectivity index (χ2n) is 6.36. The summed E-state index contributed by atoms with van der Waals surface area (Å²) in [5.41, 5.74) is 1.16. The zero-order valence-corrected chi connectivity index (χ0v) is 13.6. The molecule has 1 aromatic carbocycles. The van der Waals surface area contributed by atoms with Crippen LogP contribution in [0.25, 0.3) is 0 Å². The molecule has 1 saturated carbocycles. The zero-order chi connectivity index (χ0) is 15.2. The number of aromatic hydroxyl groups is 1. The van der Waals surface area contributed by atoms with Crippen LogP contribution in [0, 0.1) is 11.8 Å². The number of ether oxygens (including phenoxy) is 1. The first kappa shape index (κ1) is 16.2. The van der Waals surface area contributed by atoms with Gasteiger partial charge in [-0.1, -0.05) is 32.3 Å². The molecule has 0 amide bonds. The number of hydrogen-bond donors (Lipinski definition) is 2. The topological polar surface area (TPSA) is 41.5 Å². The van der Waals surface area contributed by atoms with Gasteiger partial charge in [0, 0.05) is 6.04 Å². The minimum atomic E-state index is 0.200. The molecule has 1 aromatic rings. The molecule has 3 heteroatoms. The minimum absolute atomic E-state index is 0.200. The highest BCUT2D eigenvalue weighted by Crippen LogP contribution is 2.31. The summed E-state index contributed by atoms with van der Waals surface area (Å²) in [4.78, 5) is 0. The van der Waals surface area contributed by atoms with Gasteiger partial charge < -0.3 is 15.2 Å². The standard InChI is InChI=1S/C18H29NO2/c1-4-14-5-7-15(8-6-14)12-19-13(2)16-9-10-17(20)18(11-16)21-3/h9-11,13-15,19-20H,4-8,12H2,1-3H3. The van der Waals surface area contributed by atoms with Crippen molar-refractivity contribution in [2.45, 2.75) is 52.0 Å². The van der Waals surface area contributed by atoms with Gasteiger partial charge in [0.2, 0.25) is 0 Å². The first-order chi connectivity index (χ1) is 10.1. The molecule has 0 saturated heterocycles. The van der Waals surface area contributed by atoms with E-state index in [2.05, 4.69) is 19.2 Å². The third-order valence-corrected chi connectivity index (χ3v) is 4.96. The van der Waals surface area contributed by atoms with Gasteiger partial charge in [-0.3, -0.25) is 0 Å². The Balaban J connectivity index is 1.83. The first-order valence-electron chi connectivity index (χ1n) is 8.24. The molecule has 0 radical (unpaired) electrons. The van der Waals surface area contributed by atoms with Crippen LogP contribution in [0.4, 0.5) is 0 Å². The monoisotopic (exact) mass is 291 g/mol. The van der Waals surface area contributed by atoms with Gasteiger partial charge in [-0.15, -0.1) is 0 Å². The molecule has 3 nitrogen and oxygen atoms in total. The van der Waals surface area contributed by atoms with Crippen molar-refractivity contribution < 1.29 is 9.84 Å². The maximum absolute atomic E-state index is 9.65. The molecule has 1 fully saturated rings. The second-order valence-corrected chi connectivity index (χ2v) is 6.36. The number of nitrogens with one attached hydrogen (secondary N) is 1. The van der Waals surface area contributed by atoms with Crippen LogP contribution in [-0.2, 0) is 0 Å². The molecule has 0 bridgehead atoms. The number of benzene rings is 1. The maximum atomic E-state index is 9.65. The van der Waals surface area contributed by atoms with Crippen LogP contribution in [0.2, 0.25) is 0 Å². The Hall–Kier alpha value is -1.22. The maximum Gasteiger partial charge on any atom is 0.160 e. The van der Waals surface area contributed by atoms with Gasteiger partial charge in [-0.05, 0) is 55.8 Å². The molecule has 1 aliphatic carbocycles. The molecule has 1 aliphatic rings. The van der Waals surface area contributed by atoms with Gasteiger partial charge in [-0.2, -0.15) is 0 Å². The van der Waals surface area contributed by atoms with Crippen molar-refractivity contribution in [3.05, 3.63) is 23.8 Å². The lowest BCUT2D eigenvalue weighted by molar-refractivity contribution is 0.258. The molecular formula is C18H29NO2. The van der Waals surface area contributed by atoms with Gasteiger partial charge in [-0.25, -0.2) is 0 Å². The molecule has 1 unspecified atom stereocenters. The number of rotatable bonds is 6. The summed E-state index contributed by atoms with van der Waals surface area (Å²) in [6.07, 6.45) is 6.84. The summed E-state index contributed by atoms with van der Waals surface area (Å²) in [5.74, 6) is 2.52. The van der Waals surface area contributed by atoms with E-state index in [1.807, 2.05) is 12.1 Å². The Morgan fingerprint density at radius 1 is 1.24 bits per heavy atom. The van der Waals surface area contributed by atoms with Crippen molar-refractivity contribution in [3.8, 4) is 11.5 Å². The van der Waals surface area contributed by atoms with Gasteiger partial charge >= 0.3 is 0 Å². The average molecular weight is 291 g/mol. The number of methoxy groups -OCH3 is 1. The van der Waals surface area contributed by atoms with Gasteiger partial charge in [0.05, 0.1) is 7.11 Å². The normalized spacial score (nSPS) is 23.8. The Bertz CT molecular complexity index is 439. The Kier molecular flexibility index (Phi) is 5.92. The van der Waals surface area contributed by atoms with Crippen molar-refractivity contribution in [1.29, 1.82) is 0 Å². The molecule has 2 N–H and O–H groups in total. The summed E-state index contributed by atoms with van der Waals surface area (Å²) < 4.78 is 5.18. The molecule has 118 valence electrons. The highest BCUT2D eigenvalue weighted by atomic mass is 16.5. The fourth-order valence-corrected chi connectivity index (χ4v) is 3.27. The van der Waals surface area contributed by atoms with Gasteiger partial charge in [0.1, 0.15) is 0 Å². The van der Waals surface area contributed by atoms with Crippen molar-refractivity contribution >= 4 is 0 Å². The number of hydrogen-bond acceptors (Lipinski definition) is 3. The van der Waals surface area contributed by atoms with E-state index < -0.39 is 0 Å². The first-order valence-corrected chi connectivity index (χ1v) is 8.24.